The highest BCUT2D eigenvalue weighted by molar-refractivity contribution is 5.88. The van der Waals surface area contributed by atoms with Gasteiger partial charge < -0.3 is 14.4 Å². The van der Waals surface area contributed by atoms with Crippen LogP contribution in [0.5, 0.6) is 5.75 Å². The minimum atomic E-state index is -0.408. The number of benzene rings is 1. The van der Waals surface area contributed by atoms with Gasteiger partial charge in [0.25, 0.3) is 0 Å². The second kappa shape index (κ2) is 6.06. The van der Waals surface area contributed by atoms with Gasteiger partial charge in [0, 0.05) is 26.3 Å². The molecule has 0 aromatic heterocycles. The van der Waals surface area contributed by atoms with Crippen LogP contribution < -0.4 is 4.74 Å². The van der Waals surface area contributed by atoms with Gasteiger partial charge in [-0.1, -0.05) is 12.1 Å². The first-order chi connectivity index (χ1) is 10.3. The fourth-order valence-corrected chi connectivity index (χ4v) is 3.48. The second-order valence-corrected chi connectivity index (χ2v) is 5.92. The van der Waals surface area contributed by atoms with Crippen molar-refractivity contribution in [1.29, 1.82) is 0 Å². The van der Waals surface area contributed by atoms with Gasteiger partial charge in [0.1, 0.15) is 5.75 Å². The van der Waals surface area contributed by atoms with Gasteiger partial charge in [0.05, 0.1) is 12.5 Å². The molecule has 0 unspecified atom stereocenters. The lowest BCUT2D eigenvalue weighted by atomic mass is 9.73. The lowest BCUT2D eigenvalue weighted by Gasteiger charge is -2.39. The summed E-state index contributed by atoms with van der Waals surface area (Å²) in [6, 6.07) is 7.98. The molecule has 2 fully saturated rings. The Balaban J connectivity index is 1.93. The Bertz CT molecular complexity index is 485. The van der Waals surface area contributed by atoms with Gasteiger partial charge in [-0.2, -0.15) is 0 Å². The molecule has 2 aliphatic heterocycles. The number of methoxy groups -OCH3 is 1. The van der Waals surface area contributed by atoms with Crippen molar-refractivity contribution in [2.45, 2.75) is 31.1 Å². The summed E-state index contributed by atoms with van der Waals surface area (Å²) in [4.78, 5) is 15.2. The lowest BCUT2D eigenvalue weighted by molar-refractivity contribution is -0.140. The maximum absolute atomic E-state index is 13.1. The summed E-state index contributed by atoms with van der Waals surface area (Å²) in [5, 5.41) is 0. The SMILES string of the molecule is COc1ccc(C2(C(=O)N3CCCC3)CCOCC2)cc1. The predicted octanol–water partition coefficient (Wildman–Crippen LogP) is 2.37. The van der Waals surface area contributed by atoms with Gasteiger partial charge in [-0.3, -0.25) is 4.79 Å². The highest BCUT2D eigenvalue weighted by atomic mass is 16.5. The third-order valence-electron chi connectivity index (χ3n) is 4.79. The number of likely N-dealkylation sites (tertiary alicyclic amines) is 1. The van der Waals surface area contributed by atoms with Crippen LogP contribution in [0.1, 0.15) is 31.2 Å². The van der Waals surface area contributed by atoms with Gasteiger partial charge in [0.2, 0.25) is 5.91 Å². The van der Waals surface area contributed by atoms with Gasteiger partial charge in [-0.25, -0.2) is 0 Å². The molecule has 0 spiro atoms. The van der Waals surface area contributed by atoms with Crippen molar-refractivity contribution in [2.75, 3.05) is 33.4 Å². The molecule has 2 heterocycles. The maximum Gasteiger partial charge on any atom is 0.233 e. The first-order valence-electron chi connectivity index (χ1n) is 7.78. The number of carbonyl (C=O) groups is 1. The Hall–Kier alpha value is -1.55. The maximum atomic E-state index is 13.1. The van der Waals surface area contributed by atoms with Crippen molar-refractivity contribution >= 4 is 5.91 Å². The number of ether oxygens (including phenoxy) is 2. The van der Waals surface area contributed by atoms with Crippen LogP contribution >= 0.6 is 0 Å². The highest BCUT2D eigenvalue weighted by Crippen LogP contribution is 2.38. The Morgan fingerprint density at radius 3 is 2.33 bits per heavy atom. The van der Waals surface area contributed by atoms with Crippen molar-refractivity contribution < 1.29 is 14.3 Å². The van der Waals surface area contributed by atoms with E-state index in [4.69, 9.17) is 9.47 Å². The standard InChI is InChI=1S/C17H23NO3/c1-20-15-6-4-14(5-7-15)17(8-12-21-13-9-17)16(19)18-10-2-3-11-18/h4-7H,2-3,8-13H2,1H3. The molecule has 0 N–H and O–H groups in total. The summed E-state index contributed by atoms with van der Waals surface area (Å²) in [6.45, 7) is 3.12. The van der Waals surface area contributed by atoms with E-state index >= 15 is 0 Å². The Morgan fingerprint density at radius 2 is 1.76 bits per heavy atom. The molecule has 0 aliphatic carbocycles. The summed E-state index contributed by atoms with van der Waals surface area (Å²) in [6.07, 6.45) is 3.80. The molecule has 1 amide bonds. The molecular formula is C17H23NO3. The van der Waals surface area contributed by atoms with Crippen LogP contribution in [0.25, 0.3) is 0 Å². The van der Waals surface area contributed by atoms with Crippen LogP contribution in [-0.2, 0) is 14.9 Å². The van der Waals surface area contributed by atoms with Crippen LogP contribution in [0.2, 0.25) is 0 Å². The molecule has 0 bridgehead atoms. The quantitative estimate of drug-likeness (QED) is 0.857. The van der Waals surface area contributed by atoms with Crippen LogP contribution in [-0.4, -0.2) is 44.2 Å². The zero-order valence-electron chi connectivity index (χ0n) is 12.6. The van der Waals surface area contributed by atoms with Crippen LogP contribution in [0.15, 0.2) is 24.3 Å². The monoisotopic (exact) mass is 289 g/mol. The second-order valence-electron chi connectivity index (χ2n) is 5.92. The van der Waals surface area contributed by atoms with Gasteiger partial charge >= 0.3 is 0 Å². The third kappa shape index (κ3) is 2.64. The number of hydrogen-bond donors (Lipinski definition) is 0. The normalized spacial score (nSPS) is 21.3. The van der Waals surface area contributed by atoms with Gasteiger partial charge in [-0.05, 0) is 43.4 Å². The minimum absolute atomic E-state index is 0.286. The minimum Gasteiger partial charge on any atom is -0.497 e. The zero-order valence-corrected chi connectivity index (χ0v) is 12.6. The van der Waals surface area contributed by atoms with E-state index in [9.17, 15) is 4.79 Å². The topological polar surface area (TPSA) is 38.8 Å². The fourth-order valence-electron chi connectivity index (χ4n) is 3.48. The molecule has 0 saturated carbocycles. The molecule has 2 saturated heterocycles. The smallest absolute Gasteiger partial charge is 0.233 e. The molecule has 0 atom stereocenters. The number of hydrogen-bond acceptors (Lipinski definition) is 3. The van der Waals surface area contributed by atoms with E-state index in [2.05, 4.69) is 0 Å². The van der Waals surface area contributed by atoms with E-state index < -0.39 is 5.41 Å². The van der Waals surface area contributed by atoms with Gasteiger partial charge in [0.15, 0.2) is 0 Å². The fraction of sp³-hybridized carbons (Fsp3) is 0.588. The molecule has 0 radical (unpaired) electrons. The number of carbonyl (C=O) groups excluding carboxylic acids is 1. The van der Waals surface area contributed by atoms with E-state index in [1.54, 1.807) is 7.11 Å². The summed E-state index contributed by atoms with van der Waals surface area (Å²) >= 11 is 0. The molecular weight excluding hydrogens is 266 g/mol. The molecule has 2 aliphatic rings. The van der Waals surface area contributed by atoms with E-state index in [0.717, 1.165) is 50.1 Å². The van der Waals surface area contributed by atoms with Crippen molar-refractivity contribution in [3.63, 3.8) is 0 Å². The predicted molar refractivity (Wildman–Crippen MR) is 80.5 cm³/mol. The molecule has 3 rings (SSSR count). The molecule has 1 aromatic rings. The first-order valence-corrected chi connectivity index (χ1v) is 7.78. The van der Waals surface area contributed by atoms with Crippen molar-refractivity contribution in [2.24, 2.45) is 0 Å². The zero-order chi connectivity index (χ0) is 14.7. The van der Waals surface area contributed by atoms with Crippen LogP contribution in [0.3, 0.4) is 0 Å². The number of nitrogens with zero attached hydrogens (tertiary/aromatic N) is 1. The number of amides is 1. The lowest BCUT2D eigenvalue weighted by Crippen LogP contribution is -2.49. The largest absolute Gasteiger partial charge is 0.497 e. The molecule has 114 valence electrons. The molecule has 1 aromatic carbocycles. The average Bonchev–Trinajstić information content (AvgIpc) is 3.09. The summed E-state index contributed by atoms with van der Waals surface area (Å²) in [5.74, 6) is 1.11. The van der Waals surface area contributed by atoms with E-state index in [-0.39, 0.29) is 5.91 Å². The van der Waals surface area contributed by atoms with Gasteiger partial charge in [-0.15, -0.1) is 0 Å². The molecule has 21 heavy (non-hydrogen) atoms. The van der Waals surface area contributed by atoms with Crippen molar-refractivity contribution in [3.8, 4) is 5.75 Å². The van der Waals surface area contributed by atoms with Crippen molar-refractivity contribution in [3.05, 3.63) is 29.8 Å². The Morgan fingerprint density at radius 1 is 1.14 bits per heavy atom. The first kappa shape index (κ1) is 14.4. The summed E-state index contributed by atoms with van der Waals surface area (Å²) in [7, 11) is 1.66. The van der Waals surface area contributed by atoms with Crippen LogP contribution in [0, 0.1) is 0 Å². The van der Waals surface area contributed by atoms with E-state index in [1.165, 1.54) is 0 Å². The summed E-state index contributed by atoms with van der Waals surface area (Å²) < 4.78 is 10.7. The Kier molecular flexibility index (Phi) is 4.15. The average molecular weight is 289 g/mol. The van der Waals surface area contributed by atoms with E-state index in [1.807, 2.05) is 29.2 Å². The van der Waals surface area contributed by atoms with Crippen LogP contribution in [0.4, 0.5) is 0 Å². The third-order valence-corrected chi connectivity index (χ3v) is 4.79. The highest BCUT2D eigenvalue weighted by Gasteiger charge is 2.44. The summed E-state index contributed by atoms with van der Waals surface area (Å²) in [5.41, 5.74) is 0.693. The van der Waals surface area contributed by atoms with Crippen molar-refractivity contribution in [1.82, 2.24) is 4.90 Å². The molecule has 4 nitrogen and oxygen atoms in total. The van der Waals surface area contributed by atoms with E-state index in [0.29, 0.717) is 13.2 Å². The molecule has 4 heteroatoms. The Labute approximate surface area is 126 Å². The number of rotatable bonds is 3.